The second-order valence-electron chi connectivity index (χ2n) is 3.77. The molecule has 0 spiro atoms. The van der Waals surface area contributed by atoms with Crippen molar-refractivity contribution in [3.63, 3.8) is 0 Å². The van der Waals surface area contributed by atoms with Crippen LogP contribution in [0.2, 0.25) is 0 Å². The summed E-state index contributed by atoms with van der Waals surface area (Å²) in [6, 6.07) is 0.532. The molecule has 1 unspecified atom stereocenters. The Morgan fingerprint density at radius 1 is 1.25 bits per heavy atom. The Hall–Kier alpha value is -0.0800. The highest BCUT2D eigenvalue weighted by Gasteiger charge is 2.30. The highest BCUT2D eigenvalue weighted by atomic mass is 35.5. The lowest BCUT2D eigenvalue weighted by atomic mass is 9.97. The van der Waals surface area contributed by atoms with E-state index in [0.717, 1.165) is 12.3 Å². The zero-order valence-electron chi connectivity index (χ0n) is 7.21. The minimum atomic E-state index is 0. The quantitative estimate of drug-likeness (QED) is 0.678. The molecule has 3 heteroatoms. The van der Waals surface area contributed by atoms with Crippen LogP contribution in [0, 0.1) is 5.92 Å². The van der Waals surface area contributed by atoms with Crippen molar-refractivity contribution in [3.05, 3.63) is 0 Å². The Labute approximate surface area is 79.5 Å². The summed E-state index contributed by atoms with van der Waals surface area (Å²) in [5.41, 5.74) is 0. The van der Waals surface area contributed by atoms with Gasteiger partial charge in [-0.15, -0.1) is 12.4 Å². The lowest BCUT2D eigenvalue weighted by Crippen LogP contribution is -2.28. The SMILES string of the molecule is Cl.O=C1CNC(C2CCCC2)C1. The summed E-state index contributed by atoms with van der Waals surface area (Å²) in [6.45, 7) is 0.626. The molecule has 0 amide bonds. The first-order valence-corrected chi connectivity index (χ1v) is 4.61. The summed E-state index contributed by atoms with van der Waals surface area (Å²) >= 11 is 0. The molecule has 1 atom stereocenters. The highest BCUT2D eigenvalue weighted by Crippen LogP contribution is 2.30. The van der Waals surface area contributed by atoms with Gasteiger partial charge in [-0.2, -0.15) is 0 Å². The molecule has 0 aromatic heterocycles. The van der Waals surface area contributed by atoms with E-state index in [1.165, 1.54) is 25.7 Å². The smallest absolute Gasteiger partial charge is 0.148 e. The van der Waals surface area contributed by atoms with Gasteiger partial charge < -0.3 is 5.32 Å². The molecule has 2 rings (SSSR count). The van der Waals surface area contributed by atoms with Gasteiger partial charge in [-0.3, -0.25) is 4.79 Å². The molecule has 1 N–H and O–H groups in total. The van der Waals surface area contributed by atoms with Gasteiger partial charge in [0.15, 0.2) is 0 Å². The van der Waals surface area contributed by atoms with Crippen molar-refractivity contribution in [3.8, 4) is 0 Å². The van der Waals surface area contributed by atoms with Crippen molar-refractivity contribution >= 4 is 18.2 Å². The van der Waals surface area contributed by atoms with Gasteiger partial charge in [-0.05, 0) is 18.8 Å². The molecule has 0 aromatic rings. The molecule has 0 bridgehead atoms. The molecule has 1 saturated carbocycles. The van der Waals surface area contributed by atoms with Crippen molar-refractivity contribution in [1.82, 2.24) is 5.32 Å². The lowest BCUT2D eigenvalue weighted by Gasteiger charge is -2.16. The van der Waals surface area contributed by atoms with Gasteiger partial charge in [0.1, 0.15) is 5.78 Å². The van der Waals surface area contributed by atoms with E-state index in [9.17, 15) is 4.79 Å². The van der Waals surface area contributed by atoms with E-state index < -0.39 is 0 Å². The topological polar surface area (TPSA) is 29.1 Å². The van der Waals surface area contributed by atoms with Gasteiger partial charge in [-0.25, -0.2) is 0 Å². The molecular formula is C9H16ClNO. The largest absolute Gasteiger partial charge is 0.306 e. The molecule has 70 valence electrons. The fraction of sp³-hybridized carbons (Fsp3) is 0.889. The zero-order chi connectivity index (χ0) is 7.68. The predicted octanol–water partition coefficient (Wildman–Crippen LogP) is 1.53. The van der Waals surface area contributed by atoms with E-state index in [2.05, 4.69) is 5.32 Å². The van der Waals surface area contributed by atoms with E-state index >= 15 is 0 Å². The van der Waals surface area contributed by atoms with Crippen LogP contribution in [0.15, 0.2) is 0 Å². The highest BCUT2D eigenvalue weighted by molar-refractivity contribution is 5.85. The maximum atomic E-state index is 10.9. The molecule has 0 aromatic carbocycles. The molecule has 2 aliphatic rings. The second-order valence-corrected chi connectivity index (χ2v) is 3.77. The zero-order valence-corrected chi connectivity index (χ0v) is 8.03. The van der Waals surface area contributed by atoms with Gasteiger partial charge in [0.25, 0.3) is 0 Å². The van der Waals surface area contributed by atoms with Crippen molar-refractivity contribution in [2.45, 2.75) is 38.1 Å². The fourth-order valence-corrected chi connectivity index (χ4v) is 2.33. The molecule has 12 heavy (non-hydrogen) atoms. The van der Waals surface area contributed by atoms with Gasteiger partial charge in [0.2, 0.25) is 0 Å². The Morgan fingerprint density at radius 3 is 2.42 bits per heavy atom. The summed E-state index contributed by atoms with van der Waals surface area (Å²) in [7, 11) is 0. The summed E-state index contributed by atoms with van der Waals surface area (Å²) in [4.78, 5) is 10.9. The van der Waals surface area contributed by atoms with Crippen LogP contribution in [0.3, 0.4) is 0 Å². The second kappa shape index (κ2) is 4.24. The summed E-state index contributed by atoms with van der Waals surface area (Å²) in [5, 5.41) is 3.30. The third-order valence-corrected chi connectivity index (χ3v) is 2.98. The number of halogens is 1. The van der Waals surface area contributed by atoms with Gasteiger partial charge in [0.05, 0.1) is 6.54 Å². The molecule has 1 aliphatic carbocycles. The minimum absolute atomic E-state index is 0. The van der Waals surface area contributed by atoms with Gasteiger partial charge in [-0.1, -0.05) is 12.8 Å². The lowest BCUT2D eigenvalue weighted by molar-refractivity contribution is -0.116. The summed E-state index contributed by atoms with van der Waals surface area (Å²) in [5.74, 6) is 1.21. The van der Waals surface area contributed by atoms with Crippen molar-refractivity contribution in [1.29, 1.82) is 0 Å². The summed E-state index contributed by atoms with van der Waals surface area (Å²) < 4.78 is 0. The summed E-state index contributed by atoms with van der Waals surface area (Å²) in [6.07, 6.45) is 6.22. The minimum Gasteiger partial charge on any atom is -0.306 e. The van der Waals surface area contributed by atoms with Gasteiger partial charge >= 0.3 is 0 Å². The first kappa shape index (κ1) is 10.0. The van der Waals surface area contributed by atoms with Crippen LogP contribution in [0.4, 0.5) is 0 Å². The van der Waals surface area contributed by atoms with Crippen LogP contribution in [0.1, 0.15) is 32.1 Å². The number of rotatable bonds is 1. The van der Waals surface area contributed by atoms with E-state index in [-0.39, 0.29) is 12.4 Å². The number of ketones is 1. The average molecular weight is 190 g/mol. The number of Topliss-reactive ketones (excluding diaryl/α,β-unsaturated/α-hetero) is 1. The average Bonchev–Trinajstić information content (AvgIpc) is 2.55. The first-order chi connectivity index (χ1) is 5.36. The van der Waals surface area contributed by atoms with Crippen molar-refractivity contribution < 1.29 is 4.79 Å². The van der Waals surface area contributed by atoms with E-state index in [4.69, 9.17) is 0 Å². The number of hydrogen-bond acceptors (Lipinski definition) is 2. The standard InChI is InChI=1S/C9H15NO.ClH/c11-8-5-9(10-6-8)7-3-1-2-4-7;/h7,9-10H,1-6H2;1H. The molecule has 2 fully saturated rings. The Morgan fingerprint density at radius 2 is 1.92 bits per heavy atom. The predicted molar refractivity (Wildman–Crippen MR) is 50.6 cm³/mol. The van der Waals surface area contributed by atoms with E-state index in [1.807, 2.05) is 0 Å². The monoisotopic (exact) mass is 189 g/mol. The van der Waals surface area contributed by atoms with Crippen LogP contribution in [-0.4, -0.2) is 18.4 Å². The van der Waals surface area contributed by atoms with Crippen LogP contribution >= 0.6 is 12.4 Å². The molecule has 1 saturated heterocycles. The number of carbonyl (C=O) groups is 1. The Kier molecular flexibility index (Phi) is 3.53. The van der Waals surface area contributed by atoms with Crippen molar-refractivity contribution in [2.75, 3.05) is 6.54 Å². The normalized spacial score (nSPS) is 30.7. The third kappa shape index (κ3) is 1.99. The molecule has 2 nitrogen and oxygen atoms in total. The van der Waals surface area contributed by atoms with Crippen LogP contribution in [-0.2, 0) is 4.79 Å². The number of carbonyl (C=O) groups excluding carboxylic acids is 1. The van der Waals surface area contributed by atoms with Crippen molar-refractivity contribution in [2.24, 2.45) is 5.92 Å². The molecule has 1 heterocycles. The van der Waals surface area contributed by atoms with E-state index in [0.29, 0.717) is 18.4 Å². The third-order valence-electron chi connectivity index (χ3n) is 2.98. The Bertz CT molecular complexity index is 166. The van der Waals surface area contributed by atoms with Crippen LogP contribution in [0.25, 0.3) is 0 Å². The van der Waals surface area contributed by atoms with E-state index in [1.54, 1.807) is 0 Å². The first-order valence-electron chi connectivity index (χ1n) is 4.61. The van der Waals surface area contributed by atoms with Crippen LogP contribution in [0.5, 0.6) is 0 Å². The fourth-order valence-electron chi connectivity index (χ4n) is 2.33. The maximum absolute atomic E-state index is 10.9. The molecule has 0 radical (unpaired) electrons. The number of nitrogens with one attached hydrogen (secondary N) is 1. The maximum Gasteiger partial charge on any atom is 0.148 e. The number of hydrogen-bond donors (Lipinski definition) is 1. The van der Waals surface area contributed by atoms with Gasteiger partial charge in [0, 0.05) is 12.5 Å². The molecule has 1 aliphatic heterocycles. The molecular weight excluding hydrogens is 174 g/mol. The van der Waals surface area contributed by atoms with Crippen LogP contribution < -0.4 is 5.32 Å². The Balaban J connectivity index is 0.000000720.